The van der Waals surface area contributed by atoms with Gasteiger partial charge >= 0.3 is 11.9 Å². The van der Waals surface area contributed by atoms with Crippen LogP contribution in [0.1, 0.15) is 18.4 Å². The lowest BCUT2D eigenvalue weighted by Crippen LogP contribution is -2.57. The molecule has 26 heavy (non-hydrogen) atoms. The number of aromatic hydroxyl groups is 1. The third-order valence-corrected chi connectivity index (χ3v) is 4.14. The number of aliphatic hydroxyl groups excluding tert-OH is 2. The van der Waals surface area contributed by atoms with E-state index in [0.29, 0.717) is 5.56 Å². The number of hydrogen-bond donors (Lipinski definition) is 5. The molecule has 1 aromatic carbocycles. The molecular formula is C17H20O9. The van der Waals surface area contributed by atoms with E-state index >= 15 is 0 Å². The summed E-state index contributed by atoms with van der Waals surface area (Å²) in [6.07, 6.45) is -3.17. The summed E-state index contributed by atoms with van der Waals surface area (Å²) in [5.74, 6) is -2.34. The molecule has 0 unspecified atom stereocenters. The van der Waals surface area contributed by atoms with Gasteiger partial charge in [0.05, 0.1) is 13.2 Å². The number of aliphatic carboxylic acids is 1. The van der Waals surface area contributed by atoms with Crippen LogP contribution in [0.2, 0.25) is 0 Å². The van der Waals surface area contributed by atoms with Crippen molar-refractivity contribution in [1.82, 2.24) is 0 Å². The maximum atomic E-state index is 11.9. The molecule has 1 aliphatic rings. The van der Waals surface area contributed by atoms with Gasteiger partial charge in [0, 0.05) is 18.9 Å². The lowest BCUT2D eigenvalue weighted by Gasteiger charge is -2.39. The minimum atomic E-state index is -2.29. The zero-order chi connectivity index (χ0) is 19.5. The van der Waals surface area contributed by atoms with Gasteiger partial charge in [0.1, 0.15) is 12.2 Å². The average molecular weight is 368 g/mol. The number of carboxylic acid groups (broad SMARTS) is 1. The number of methoxy groups -OCH3 is 1. The second-order valence-corrected chi connectivity index (χ2v) is 6.04. The number of ether oxygens (including phenoxy) is 2. The quantitative estimate of drug-likeness (QED) is 0.347. The van der Waals surface area contributed by atoms with Gasteiger partial charge in [-0.25, -0.2) is 9.59 Å². The fourth-order valence-electron chi connectivity index (χ4n) is 2.69. The SMILES string of the molecule is COc1cc(/C=C/C(=O)O[C@H]2C[C@@](O)(C(=O)O)C[C@@H](O)[C@@H]2O)ccc1O. The largest absolute Gasteiger partial charge is 0.504 e. The van der Waals surface area contributed by atoms with Gasteiger partial charge in [-0.05, 0) is 23.8 Å². The molecule has 0 amide bonds. The van der Waals surface area contributed by atoms with Crippen LogP contribution in [0.25, 0.3) is 6.08 Å². The highest BCUT2D eigenvalue weighted by molar-refractivity contribution is 5.87. The predicted molar refractivity (Wildman–Crippen MR) is 87.4 cm³/mol. The number of phenolic OH excluding ortho intramolecular Hbond substituents is 1. The molecule has 1 fully saturated rings. The van der Waals surface area contributed by atoms with Crippen molar-refractivity contribution in [3.8, 4) is 11.5 Å². The van der Waals surface area contributed by atoms with E-state index in [0.717, 1.165) is 6.08 Å². The normalized spacial score (nSPS) is 28.7. The minimum Gasteiger partial charge on any atom is -0.504 e. The first-order valence-corrected chi connectivity index (χ1v) is 7.74. The Kier molecular flexibility index (Phi) is 5.86. The smallest absolute Gasteiger partial charge is 0.335 e. The van der Waals surface area contributed by atoms with Gasteiger partial charge in [0.2, 0.25) is 0 Å². The minimum absolute atomic E-state index is 0.0699. The van der Waals surface area contributed by atoms with Gasteiger partial charge in [0.15, 0.2) is 17.1 Å². The highest BCUT2D eigenvalue weighted by atomic mass is 16.6. The first kappa shape index (κ1) is 19.7. The van der Waals surface area contributed by atoms with Gasteiger partial charge in [0.25, 0.3) is 0 Å². The average Bonchev–Trinajstić information content (AvgIpc) is 2.58. The van der Waals surface area contributed by atoms with Crippen LogP contribution in [0.5, 0.6) is 11.5 Å². The van der Waals surface area contributed by atoms with Crippen LogP contribution in [-0.4, -0.2) is 68.5 Å². The van der Waals surface area contributed by atoms with Gasteiger partial charge < -0.3 is 35.0 Å². The Morgan fingerprint density at radius 2 is 1.96 bits per heavy atom. The molecule has 0 spiro atoms. The zero-order valence-corrected chi connectivity index (χ0v) is 13.9. The van der Waals surface area contributed by atoms with Crippen LogP contribution in [0.4, 0.5) is 0 Å². The molecule has 4 atom stereocenters. The van der Waals surface area contributed by atoms with Crippen LogP contribution in [0.15, 0.2) is 24.3 Å². The molecule has 0 bridgehead atoms. The summed E-state index contributed by atoms with van der Waals surface area (Å²) in [6.45, 7) is 0. The first-order chi connectivity index (χ1) is 12.2. The number of esters is 1. The summed E-state index contributed by atoms with van der Waals surface area (Å²) in [4.78, 5) is 23.1. The van der Waals surface area contributed by atoms with Crippen LogP contribution >= 0.6 is 0 Å². The summed E-state index contributed by atoms with van der Waals surface area (Å²) in [5.41, 5.74) is -1.78. The monoisotopic (exact) mass is 368 g/mol. The number of hydrogen-bond acceptors (Lipinski definition) is 8. The molecule has 0 aliphatic heterocycles. The lowest BCUT2D eigenvalue weighted by molar-refractivity contribution is -0.196. The number of carboxylic acids is 1. The molecule has 142 valence electrons. The number of phenols is 1. The third kappa shape index (κ3) is 4.31. The van der Waals surface area contributed by atoms with Gasteiger partial charge in [-0.3, -0.25) is 0 Å². The van der Waals surface area contributed by atoms with Crippen molar-refractivity contribution in [3.63, 3.8) is 0 Å². The molecule has 1 aromatic rings. The second-order valence-electron chi connectivity index (χ2n) is 6.04. The highest BCUT2D eigenvalue weighted by Crippen LogP contribution is 2.31. The van der Waals surface area contributed by atoms with Crippen molar-refractivity contribution in [2.75, 3.05) is 7.11 Å². The summed E-state index contributed by atoms with van der Waals surface area (Å²) in [7, 11) is 1.37. The molecule has 5 N–H and O–H groups in total. The number of benzene rings is 1. The Morgan fingerprint density at radius 3 is 2.58 bits per heavy atom. The van der Waals surface area contributed by atoms with E-state index in [9.17, 15) is 30.0 Å². The number of carbonyl (C=O) groups excluding carboxylic acids is 1. The van der Waals surface area contributed by atoms with E-state index in [-0.39, 0.29) is 11.5 Å². The standard InChI is InChI=1S/C17H20O9/c1-25-12-6-9(2-4-10(12)18)3-5-14(20)26-13-8-17(24,16(22)23)7-11(19)15(13)21/h2-6,11,13,15,18-19,21,24H,7-8H2,1H3,(H,22,23)/b5-3+/t11-,13+,15+,17-/m1/s1. The van der Waals surface area contributed by atoms with E-state index < -0.39 is 48.7 Å². The summed E-state index contributed by atoms with van der Waals surface area (Å²) >= 11 is 0. The maximum absolute atomic E-state index is 11.9. The van der Waals surface area contributed by atoms with Crippen LogP contribution < -0.4 is 4.74 Å². The predicted octanol–water partition coefficient (Wildman–Crippen LogP) is -0.343. The topological polar surface area (TPSA) is 154 Å². The Balaban J connectivity index is 2.07. The molecule has 2 rings (SSSR count). The lowest BCUT2D eigenvalue weighted by atomic mass is 9.79. The summed E-state index contributed by atoms with van der Waals surface area (Å²) < 4.78 is 9.92. The van der Waals surface area contributed by atoms with Gasteiger partial charge in [-0.1, -0.05) is 6.07 Å². The molecule has 0 saturated heterocycles. The van der Waals surface area contributed by atoms with Gasteiger partial charge in [-0.15, -0.1) is 0 Å². The molecular weight excluding hydrogens is 348 g/mol. The Morgan fingerprint density at radius 1 is 1.27 bits per heavy atom. The van der Waals surface area contributed by atoms with Crippen molar-refractivity contribution < 1.29 is 44.6 Å². The Labute approximate surface area is 148 Å². The molecule has 9 heteroatoms. The first-order valence-electron chi connectivity index (χ1n) is 7.74. The molecule has 0 radical (unpaired) electrons. The fraction of sp³-hybridized carbons (Fsp3) is 0.412. The van der Waals surface area contributed by atoms with Crippen LogP contribution in [-0.2, 0) is 14.3 Å². The van der Waals surface area contributed by atoms with E-state index in [2.05, 4.69) is 0 Å². The molecule has 1 aliphatic carbocycles. The van der Waals surface area contributed by atoms with Gasteiger partial charge in [-0.2, -0.15) is 0 Å². The molecule has 0 aromatic heterocycles. The third-order valence-electron chi connectivity index (χ3n) is 4.14. The van der Waals surface area contributed by atoms with Crippen molar-refractivity contribution in [2.45, 2.75) is 36.8 Å². The summed E-state index contributed by atoms with van der Waals surface area (Å²) in [6, 6.07) is 4.36. The Hall–Kier alpha value is -2.62. The van der Waals surface area contributed by atoms with Crippen LogP contribution in [0.3, 0.4) is 0 Å². The molecule has 0 heterocycles. The summed E-state index contributed by atoms with van der Waals surface area (Å²) in [5, 5.41) is 48.2. The molecule has 1 saturated carbocycles. The number of rotatable bonds is 5. The van der Waals surface area contributed by atoms with Crippen molar-refractivity contribution in [3.05, 3.63) is 29.8 Å². The zero-order valence-electron chi connectivity index (χ0n) is 13.9. The van der Waals surface area contributed by atoms with E-state index in [1.165, 1.54) is 31.4 Å². The Bertz CT molecular complexity index is 714. The van der Waals surface area contributed by atoms with E-state index in [1.807, 2.05) is 0 Å². The van der Waals surface area contributed by atoms with Crippen molar-refractivity contribution in [2.24, 2.45) is 0 Å². The highest BCUT2D eigenvalue weighted by Gasteiger charge is 2.50. The van der Waals surface area contributed by atoms with E-state index in [1.54, 1.807) is 0 Å². The second kappa shape index (κ2) is 7.73. The number of aliphatic hydroxyl groups is 3. The molecule has 9 nitrogen and oxygen atoms in total. The number of carbonyl (C=O) groups is 2. The van der Waals surface area contributed by atoms with Crippen molar-refractivity contribution >= 4 is 18.0 Å². The van der Waals surface area contributed by atoms with Crippen LogP contribution in [0, 0.1) is 0 Å². The fourth-order valence-corrected chi connectivity index (χ4v) is 2.69. The van der Waals surface area contributed by atoms with Crippen molar-refractivity contribution in [1.29, 1.82) is 0 Å². The van der Waals surface area contributed by atoms with E-state index in [4.69, 9.17) is 14.6 Å². The maximum Gasteiger partial charge on any atom is 0.335 e.